The maximum absolute atomic E-state index is 8.28. The highest BCUT2D eigenvalue weighted by molar-refractivity contribution is 6.13. The van der Waals surface area contributed by atoms with Crippen LogP contribution in [-0.4, -0.2) is 13.7 Å². The molecule has 5 heteroatoms. The van der Waals surface area contributed by atoms with Gasteiger partial charge in [-0.3, -0.25) is 0 Å². The molecule has 0 unspecified atom stereocenters. The topological polar surface area (TPSA) is 23.5 Å². The summed E-state index contributed by atoms with van der Waals surface area (Å²) in [6.45, 7) is 15.8. The normalized spacial score (nSPS) is 11.6. The predicted octanol–water partition coefficient (Wildman–Crippen LogP) is 13.7. The number of rotatable bonds is 4. The molecule has 0 bridgehead atoms. The molecule has 3 heterocycles. The summed E-state index contributed by atoms with van der Waals surface area (Å²) in [5, 5.41) is 6.99. The van der Waals surface area contributed by atoms with Gasteiger partial charge in [0.1, 0.15) is 0 Å². The summed E-state index contributed by atoms with van der Waals surface area (Å²) in [5.41, 5.74) is 12.9. The fourth-order valence-corrected chi connectivity index (χ4v) is 8.67. The van der Waals surface area contributed by atoms with E-state index in [4.69, 9.17) is 13.1 Å². The van der Waals surface area contributed by atoms with E-state index < -0.39 is 0 Å². The van der Waals surface area contributed by atoms with Crippen LogP contribution in [-0.2, 0) is 0 Å². The molecule has 0 saturated carbocycles. The largest absolute Gasteiger partial charge is 0.311 e. The number of hydrogen-bond acceptors (Lipinski definition) is 0. The number of aromatic nitrogens is 3. The van der Waals surface area contributed by atoms with Gasteiger partial charge in [-0.25, -0.2) is 9.69 Å². The van der Waals surface area contributed by atoms with Gasteiger partial charge in [0.2, 0.25) is 0 Å². The van der Waals surface area contributed by atoms with E-state index in [0.29, 0.717) is 11.4 Å². The molecule has 0 radical (unpaired) electrons. The third-order valence-corrected chi connectivity index (χ3v) is 11.1. The van der Waals surface area contributed by atoms with Crippen molar-refractivity contribution in [2.75, 3.05) is 0 Å². The molecule has 11 rings (SSSR count). The average molecular weight is 700 g/mol. The molecular weight excluding hydrogens is 671 g/mol. The van der Waals surface area contributed by atoms with Crippen LogP contribution in [0.2, 0.25) is 0 Å². The van der Waals surface area contributed by atoms with E-state index in [-0.39, 0.29) is 0 Å². The Balaban J connectivity index is 1.02. The Kier molecular flexibility index (Phi) is 6.61. The highest BCUT2D eigenvalue weighted by atomic mass is 15.0. The molecule has 3 aromatic heterocycles. The van der Waals surface area contributed by atoms with Gasteiger partial charge in [0.15, 0.2) is 11.4 Å². The zero-order valence-corrected chi connectivity index (χ0v) is 29.5. The van der Waals surface area contributed by atoms with Crippen molar-refractivity contribution < 1.29 is 0 Å². The lowest BCUT2D eigenvalue weighted by atomic mass is 10.0. The SMILES string of the molecule is [C-]#[N+]c1ccc2c(c1)c1ccccc1n2-c1ccc(-c2ccc(-n3c4ccccc4c4cc(-n5c6ccccc6c6ccccc65)ccc43)cc2[N+]#[C-])cc1. The van der Waals surface area contributed by atoms with E-state index >= 15 is 0 Å². The Morgan fingerprint density at radius 1 is 0.327 bits per heavy atom. The molecule has 5 nitrogen and oxygen atoms in total. The molecule has 0 aliphatic rings. The Labute approximate surface area is 316 Å². The maximum Gasteiger partial charge on any atom is 0.196 e. The van der Waals surface area contributed by atoms with E-state index in [9.17, 15) is 0 Å². The van der Waals surface area contributed by atoms with Gasteiger partial charge in [-0.15, -0.1) is 0 Å². The fourth-order valence-electron chi connectivity index (χ4n) is 8.67. The number of benzene rings is 8. The molecule has 11 aromatic rings. The van der Waals surface area contributed by atoms with Crippen LogP contribution in [0.1, 0.15) is 0 Å². The van der Waals surface area contributed by atoms with E-state index in [1.807, 2.05) is 36.4 Å². The van der Waals surface area contributed by atoms with E-state index in [1.54, 1.807) is 0 Å². The van der Waals surface area contributed by atoms with Gasteiger partial charge in [0.25, 0.3) is 0 Å². The van der Waals surface area contributed by atoms with Crippen LogP contribution in [0.15, 0.2) is 176 Å². The predicted molar refractivity (Wildman–Crippen MR) is 227 cm³/mol. The summed E-state index contributed by atoms with van der Waals surface area (Å²) in [5.74, 6) is 0. The van der Waals surface area contributed by atoms with Crippen molar-refractivity contribution in [3.63, 3.8) is 0 Å². The average Bonchev–Trinajstić information content (AvgIpc) is 3.89. The third-order valence-electron chi connectivity index (χ3n) is 11.1. The molecule has 0 atom stereocenters. The molecule has 254 valence electrons. The first-order chi connectivity index (χ1) is 27.2. The lowest BCUT2D eigenvalue weighted by molar-refractivity contribution is 1.17. The standard InChI is InChI=1S/C50H29N5/c1-51-33-21-27-49-42(29-33)40-13-5-9-17-47(40)53(49)34-22-19-32(20-23-34)37-26-24-36(31-44(37)52-2)55-48-18-10-6-14-41(48)43-30-35(25-28-50(43)55)54-45-15-7-3-11-38(45)39-12-4-8-16-46(39)54/h3-31H. The zero-order chi connectivity index (χ0) is 36.6. The Morgan fingerprint density at radius 2 is 0.745 bits per heavy atom. The summed E-state index contributed by atoms with van der Waals surface area (Å²) in [4.78, 5) is 7.73. The highest BCUT2D eigenvalue weighted by Gasteiger charge is 2.18. The first-order valence-electron chi connectivity index (χ1n) is 18.3. The zero-order valence-electron chi connectivity index (χ0n) is 29.5. The van der Waals surface area contributed by atoms with Gasteiger partial charge >= 0.3 is 0 Å². The number of hydrogen-bond donors (Lipinski definition) is 0. The van der Waals surface area contributed by atoms with Crippen molar-refractivity contribution in [2.45, 2.75) is 0 Å². The second-order valence-electron chi connectivity index (χ2n) is 13.9. The van der Waals surface area contributed by atoms with Crippen LogP contribution < -0.4 is 0 Å². The van der Waals surface area contributed by atoms with Crippen LogP contribution in [0.5, 0.6) is 0 Å². The van der Waals surface area contributed by atoms with Gasteiger partial charge in [0.05, 0.1) is 46.2 Å². The smallest absolute Gasteiger partial charge is 0.196 e. The van der Waals surface area contributed by atoms with Gasteiger partial charge in [-0.2, -0.15) is 0 Å². The van der Waals surface area contributed by atoms with Crippen LogP contribution in [0.4, 0.5) is 11.4 Å². The molecule has 0 N–H and O–H groups in total. The van der Waals surface area contributed by atoms with Crippen molar-refractivity contribution in [3.05, 3.63) is 199 Å². The summed E-state index contributed by atoms with van der Waals surface area (Å²) in [6, 6.07) is 61.4. The lowest BCUT2D eigenvalue weighted by Crippen LogP contribution is -1.96. The van der Waals surface area contributed by atoms with Crippen molar-refractivity contribution in [1.29, 1.82) is 0 Å². The first kappa shape index (κ1) is 30.7. The summed E-state index contributed by atoms with van der Waals surface area (Å²) in [7, 11) is 0. The van der Waals surface area contributed by atoms with E-state index in [1.165, 1.54) is 27.2 Å². The highest BCUT2D eigenvalue weighted by Crippen LogP contribution is 2.40. The van der Waals surface area contributed by atoms with E-state index in [2.05, 4.69) is 163 Å². The van der Waals surface area contributed by atoms with Gasteiger partial charge < -0.3 is 13.7 Å². The van der Waals surface area contributed by atoms with Crippen molar-refractivity contribution in [3.8, 4) is 28.2 Å². The third kappa shape index (κ3) is 4.51. The number of nitrogens with zero attached hydrogens (tertiary/aromatic N) is 5. The number of fused-ring (bicyclic) bond motifs is 9. The molecule has 0 spiro atoms. The van der Waals surface area contributed by atoms with Gasteiger partial charge in [-0.1, -0.05) is 97.1 Å². The first-order valence-corrected chi connectivity index (χ1v) is 18.3. The Bertz CT molecular complexity index is 3400. The van der Waals surface area contributed by atoms with Crippen LogP contribution in [0.3, 0.4) is 0 Å². The second-order valence-corrected chi connectivity index (χ2v) is 13.9. The van der Waals surface area contributed by atoms with E-state index in [0.717, 1.165) is 66.4 Å². The number of para-hydroxylation sites is 4. The van der Waals surface area contributed by atoms with Crippen LogP contribution >= 0.6 is 0 Å². The monoisotopic (exact) mass is 699 g/mol. The van der Waals surface area contributed by atoms with Gasteiger partial charge in [-0.05, 0) is 95.4 Å². The molecule has 0 saturated heterocycles. The fraction of sp³-hybridized carbons (Fsp3) is 0. The molecular formula is C50H29N5. The molecule has 8 aromatic carbocycles. The van der Waals surface area contributed by atoms with Crippen molar-refractivity contribution in [2.24, 2.45) is 0 Å². The second kappa shape index (κ2) is 11.8. The minimum absolute atomic E-state index is 0.599. The Hall–Kier alpha value is -7.86. The maximum atomic E-state index is 8.28. The summed E-state index contributed by atoms with van der Waals surface area (Å²) in [6.07, 6.45) is 0. The lowest BCUT2D eigenvalue weighted by Gasteiger charge is -2.13. The molecule has 0 aliphatic carbocycles. The minimum Gasteiger partial charge on any atom is -0.311 e. The van der Waals surface area contributed by atoms with Crippen molar-refractivity contribution in [1.82, 2.24) is 13.7 Å². The van der Waals surface area contributed by atoms with Crippen LogP contribution in [0.25, 0.3) is 103 Å². The van der Waals surface area contributed by atoms with Crippen molar-refractivity contribution >= 4 is 76.8 Å². The molecule has 0 fully saturated rings. The Morgan fingerprint density at radius 3 is 1.29 bits per heavy atom. The molecule has 0 amide bonds. The van der Waals surface area contributed by atoms with Crippen LogP contribution in [0, 0.1) is 13.1 Å². The minimum atomic E-state index is 0.599. The summed E-state index contributed by atoms with van der Waals surface area (Å²) >= 11 is 0. The van der Waals surface area contributed by atoms with Gasteiger partial charge in [0, 0.05) is 44.0 Å². The molecule has 55 heavy (non-hydrogen) atoms. The summed E-state index contributed by atoms with van der Waals surface area (Å²) < 4.78 is 6.89. The quantitative estimate of drug-likeness (QED) is 0.163. The molecule has 0 aliphatic heterocycles.